The van der Waals surface area contributed by atoms with Gasteiger partial charge in [-0.05, 0) is 34.7 Å². The lowest BCUT2D eigenvalue weighted by atomic mass is 10.2. The fourth-order valence-electron chi connectivity index (χ4n) is 0.789. The number of hydrogen-bond donors (Lipinski definition) is 3. The van der Waals surface area contributed by atoms with Gasteiger partial charge in [-0.1, -0.05) is 0 Å². The molecule has 1 rings (SSSR count). The van der Waals surface area contributed by atoms with Gasteiger partial charge >= 0.3 is 5.97 Å². The minimum absolute atomic E-state index is 0.0144. The van der Waals surface area contributed by atoms with Crippen LogP contribution in [0.15, 0.2) is 12.1 Å². The van der Waals surface area contributed by atoms with E-state index in [4.69, 9.17) is 10.8 Å². The average Bonchev–Trinajstić information content (AvgIpc) is 2.08. The monoisotopic (exact) mass is 294 g/mol. The van der Waals surface area contributed by atoms with Gasteiger partial charge in [0.25, 0.3) is 0 Å². The second kappa shape index (κ2) is 3.88. The molecule has 0 saturated carbocycles. The number of nitrogens with zero attached hydrogens (tertiary/aromatic N) is 1. The lowest BCUT2D eigenvalue weighted by Gasteiger charge is -2.07. The second-order valence-corrected chi connectivity index (χ2v) is 3.46. The van der Waals surface area contributed by atoms with Crippen LogP contribution < -0.4 is 5.73 Å². The zero-order chi connectivity index (χ0) is 10.0. The van der Waals surface area contributed by atoms with Crippen molar-refractivity contribution >= 4 is 28.6 Å². The Morgan fingerprint density at radius 1 is 1.62 bits per heavy atom. The van der Waals surface area contributed by atoms with Crippen molar-refractivity contribution in [2.75, 3.05) is 0 Å². The van der Waals surface area contributed by atoms with Gasteiger partial charge in [0.05, 0.1) is 0 Å². The highest BCUT2D eigenvalue weighted by molar-refractivity contribution is 14.1. The quantitative estimate of drug-likeness (QED) is 0.544. The number of carboxylic acid groups (broad SMARTS) is 1. The van der Waals surface area contributed by atoms with E-state index in [1.54, 1.807) is 6.07 Å². The lowest BCUT2D eigenvalue weighted by molar-refractivity contribution is -0.138. The molecule has 1 aromatic heterocycles. The molecule has 0 radical (unpaired) electrons. The van der Waals surface area contributed by atoms with E-state index in [1.165, 1.54) is 6.07 Å². The summed E-state index contributed by atoms with van der Waals surface area (Å²) in [5.74, 6) is -1.42. The van der Waals surface area contributed by atoms with Gasteiger partial charge in [0.1, 0.15) is 21.2 Å². The first-order valence-corrected chi connectivity index (χ1v) is 4.44. The van der Waals surface area contributed by atoms with Gasteiger partial charge in [0.2, 0.25) is 0 Å². The first-order chi connectivity index (χ1) is 6.02. The van der Waals surface area contributed by atoms with E-state index in [0.29, 0.717) is 3.70 Å². The highest BCUT2D eigenvalue weighted by Gasteiger charge is 2.19. The van der Waals surface area contributed by atoms with Crippen LogP contribution in [-0.4, -0.2) is 21.2 Å². The minimum atomic E-state index is -1.28. The number of rotatable bonds is 2. The van der Waals surface area contributed by atoms with Gasteiger partial charge in [-0.15, -0.1) is 0 Å². The maximum atomic E-state index is 10.5. The molecular weight excluding hydrogens is 287 g/mol. The summed E-state index contributed by atoms with van der Waals surface area (Å²) in [7, 11) is 0. The summed E-state index contributed by atoms with van der Waals surface area (Å²) in [5, 5.41) is 17.8. The fourth-order valence-corrected chi connectivity index (χ4v) is 1.23. The van der Waals surface area contributed by atoms with Crippen LogP contribution in [0.25, 0.3) is 0 Å². The molecule has 0 aliphatic carbocycles. The molecule has 1 heterocycles. The number of aromatic nitrogens is 1. The highest BCUT2D eigenvalue weighted by Crippen LogP contribution is 2.21. The molecule has 1 unspecified atom stereocenters. The van der Waals surface area contributed by atoms with Crippen LogP contribution in [0, 0.1) is 3.70 Å². The van der Waals surface area contributed by atoms with E-state index in [0.717, 1.165) is 0 Å². The number of halogens is 1. The van der Waals surface area contributed by atoms with Crippen molar-refractivity contribution < 1.29 is 15.0 Å². The largest absolute Gasteiger partial charge is 0.506 e. The molecule has 4 N–H and O–H groups in total. The number of aromatic hydroxyl groups is 1. The Balaban J connectivity index is 3.12. The molecule has 0 aromatic carbocycles. The molecule has 0 aliphatic rings. The van der Waals surface area contributed by atoms with Crippen molar-refractivity contribution in [1.82, 2.24) is 4.98 Å². The fraction of sp³-hybridized carbons (Fsp3) is 0.143. The maximum Gasteiger partial charge on any atom is 0.326 e. The van der Waals surface area contributed by atoms with Crippen LogP contribution in [-0.2, 0) is 4.79 Å². The van der Waals surface area contributed by atoms with Crippen LogP contribution in [0.2, 0.25) is 0 Å². The Labute approximate surface area is 87.7 Å². The van der Waals surface area contributed by atoms with Gasteiger partial charge in [-0.3, -0.25) is 4.79 Å². The molecule has 1 aromatic rings. The molecule has 70 valence electrons. The van der Waals surface area contributed by atoms with Crippen molar-refractivity contribution in [3.63, 3.8) is 0 Å². The maximum absolute atomic E-state index is 10.5. The third-order valence-corrected chi connectivity index (χ3v) is 2.03. The zero-order valence-corrected chi connectivity index (χ0v) is 8.59. The van der Waals surface area contributed by atoms with E-state index in [-0.39, 0.29) is 11.4 Å². The van der Waals surface area contributed by atoms with E-state index < -0.39 is 12.0 Å². The Kier molecular flexibility index (Phi) is 3.04. The van der Waals surface area contributed by atoms with Crippen molar-refractivity contribution in [3.8, 4) is 5.75 Å². The average molecular weight is 294 g/mol. The number of hydrogen-bond acceptors (Lipinski definition) is 4. The van der Waals surface area contributed by atoms with Gasteiger partial charge in [-0.2, -0.15) is 0 Å². The molecule has 0 amide bonds. The Morgan fingerprint density at radius 2 is 2.23 bits per heavy atom. The molecule has 0 fully saturated rings. The standard InChI is InChI=1S/C7H7IN2O3/c8-4-2-1-3(11)6(10-4)5(9)7(12)13/h1-2,5,11H,9H2,(H,12,13). The highest BCUT2D eigenvalue weighted by atomic mass is 127. The summed E-state index contributed by atoms with van der Waals surface area (Å²) in [6.45, 7) is 0. The van der Waals surface area contributed by atoms with Crippen molar-refractivity contribution in [2.45, 2.75) is 6.04 Å². The topological polar surface area (TPSA) is 96.4 Å². The van der Waals surface area contributed by atoms with E-state index >= 15 is 0 Å². The zero-order valence-electron chi connectivity index (χ0n) is 6.44. The van der Waals surface area contributed by atoms with Crippen molar-refractivity contribution in [2.24, 2.45) is 5.73 Å². The SMILES string of the molecule is NC(C(=O)O)c1nc(I)ccc1O. The molecule has 0 saturated heterocycles. The molecule has 13 heavy (non-hydrogen) atoms. The number of pyridine rings is 1. The smallest absolute Gasteiger partial charge is 0.326 e. The normalized spacial score (nSPS) is 12.5. The summed E-state index contributed by atoms with van der Waals surface area (Å²) >= 11 is 1.91. The van der Waals surface area contributed by atoms with Gasteiger partial charge < -0.3 is 15.9 Å². The molecular formula is C7H7IN2O3. The summed E-state index contributed by atoms with van der Waals surface area (Å²) in [6.07, 6.45) is 0. The van der Waals surface area contributed by atoms with Crippen molar-refractivity contribution in [1.29, 1.82) is 0 Å². The Hall–Kier alpha value is -0.890. The van der Waals surface area contributed by atoms with E-state index in [2.05, 4.69) is 4.98 Å². The van der Waals surface area contributed by atoms with Crippen LogP contribution in [0.5, 0.6) is 5.75 Å². The third-order valence-electron chi connectivity index (χ3n) is 1.43. The predicted molar refractivity (Wildman–Crippen MR) is 53.2 cm³/mol. The van der Waals surface area contributed by atoms with Gasteiger partial charge in [-0.25, -0.2) is 4.98 Å². The minimum Gasteiger partial charge on any atom is -0.506 e. The van der Waals surface area contributed by atoms with Gasteiger partial charge in [0.15, 0.2) is 0 Å². The summed E-state index contributed by atoms with van der Waals surface area (Å²) in [6, 6.07) is 1.65. The summed E-state index contributed by atoms with van der Waals surface area (Å²) in [5.41, 5.74) is 5.27. The van der Waals surface area contributed by atoms with Crippen LogP contribution in [0.1, 0.15) is 11.7 Å². The van der Waals surface area contributed by atoms with Crippen LogP contribution in [0.4, 0.5) is 0 Å². The first kappa shape index (κ1) is 10.2. The lowest BCUT2D eigenvalue weighted by Crippen LogP contribution is -2.22. The number of aliphatic carboxylic acids is 1. The van der Waals surface area contributed by atoms with Crippen LogP contribution >= 0.6 is 22.6 Å². The third kappa shape index (κ3) is 2.28. The van der Waals surface area contributed by atoms with Gasteiger partial charge in [0, 0.05) is 0 Å². The number of carboxylic acids is 1. The molecule has 0 aliphatic heterocycles. The Bertz CT molecular complexity index is 343. The molecule has 6 heteroatoms. The Morgan fingerprint density at radius 3 is 2.77 bits per heavy atom. The summed E-state index contributed by atoms with van der Waals surface area (Å²) in [4.78, 5) is 14.3. The molecule has 0 spiro atoms. The predicted octanol–water partition coefficient (Wildman–Crippen LogP) is 0.476. The van der Waals surface area contributed by atoms with Crippen LogP contribution in [0.3, 0.4) is 0 Å². The van der Waals surface area contributed by atoms with E-state index in [1.807, 2.05) is 22.6 Å². The number of nitrogens with two attached hydrogens (primary N) is 1. The molecule has 0 bridgehead atoms. The molecule has 1 atom stereocenters. The summed E-state index contributed by atoms with van der Waals surface area (Å²) < 4.78 is 0.585. The number of carbonyl (C=O) groups is 1. The first-order valence-electron chi connectivity index (χ1n) is 3.36. The second-order valence-electron chi connectivity index (χ2n) is 2.35. The van der Waals surface area contributed by atoms with E-state index in [9.17, 15) is 9.90 Å². The molecule has 5 nitrogen and oxygen atoms in total. The van der Waals surface area contributed by atoms with Crippen molar-refractivity contribution in [3.05, 3.63) is 21.5 Å².